The van der Waals surface area contributed by atoms with Gasteiger partial charge in [0, 0.05) is 32.5 Å². The van der Waals surface area contributed by atoms with Crippen molar-refractivity contribution in [2.75, 3.05) is 19.6 Å². The number of amides is 5. The van der Waals surface area contributed by atoms with Crippen LogP contribution in [-0.2, 0) is 24.0 Å². The number of nitrogens with one attached hydrogen (secondary N) is 2. The van der Waals surface area contributed by atoms with Gasteiger partial charge in [-0.05, 0) is 22.7 Å². The molecule has 202 valence electrons. The number of alkyl halides is 3. The van der Waals surface area contributed by atoms with Crippen molar-refractivity contribution in [1.29, 1.82) is 0 Å². The number of fused-ring (bicyclic) bond motifs is 1. The molecule has 3 rings (SSSR count). The molecular weight excluding hydrogens is 483 g/mol. The summed E-state index contributed by atoms with van der Waals surface area (Å²) >= 11 is 0. The fourth-order valence-electron chi connectivity index (χ4n) is 5.48. The second-order valence-corrected chi connectivity index (χ2v) is 11.7. The van der Waals surface area contributed by atoms with Crippen molar-refractivity contribution in [2.24, 2.45) is 34.3 Å². The largest absolute Gasteiger partial charge is 0.471 e. The zero-order chi connectivity index (χ0) is 27.5. The Hall–Kier alpha value is -2.86. The van der Waals surface area contributed by atoms with Crippen molar-refractivity contribution in [3.05, 3.63) is 0 Å². The Bertz CT molecular complexity index is 970. The third-order valence-electron chi connectivity index (χ3n) is 7.84. The maximum atomic E-state index is 13.5. The van der Waals surface area contributed by atoms with Gasteiger partial charge in [0.15, 0.2) is 0 Å². The zero-order valence-corrected chi connectivity index (χ0v) is 21.2. The summed E-state index contributed by atoms with van der Waals surface area (Å²) in [5.41, 5.74) is 4.14. The Labute approximate surface area is 207 Å². The van der Waals surface area contributed by atoms with Gasteiger partial charge >= 0.3 is 12.1 Å². The number of hydrogen-bond acceptors (Lipinski definition) is 5. The number of nitrogens with two attached hydrogens (primary N) is 1. The number of likely N-dealkylation sites (tertiary alicyclic amines) is 2. The number of carbonyl (C=O) groups excluding carboxylic acids is 5. The van der Waals surface area contributed by atoms with E-state index in [0.29, 0.717) is 0 Å². The lowest BCUT2D eigenvalue weighted by molar-refractivity contribution is -0.176. The number of halogens is 3. The third-order valence-corrected chi connectivity index (χ3v) is 7.84. The molecule has 1 aliphatic carbocycles. The van der Waals surface area contributed by atoms with Gasteiger partial charge in [-0.25, -0.2) is 0 Å². The van der Waals surface area contributed by atoms with Crippen LogP contribution in [0.15, 0.2) is 0 Å². The minimum Gasteiger partial charge on any atom is -0.368 e. The van der Waals surface area contributed by atoms with Gasteiger partial charge in [-0.3, -0.25) is 24.0 Å². The van der Waals surface area contributed by atoms with Gasteiger partial charge in [0.2, 0.25) is 23.6 Å². The topological polar surface area (TPSA) is 142 Å². The average Bonchev–Trinajstić information content (AvgIpc) is 3.03. The fourth-order valence-corrected chi connectivity index (χ4v) is 5.48. The summed E-state index contributed by atoms with van der Waals surface area (Å²) in [6.45, 7) is 10.4. The molecule has 0 aromatic carbocycles. The standard InChI is InChI=1S/C23H34F3N5O5/c1-10(32)30-7-11(8-30)14(17(27)33)28-18(34)15-13-12(22(13,5)6)9-31(15)19(35)16(21(2,3)4)29-20(36)23(24,25)26/h11-16H,7-9H2,1-6H3,(H2,27,33)(H,28,34)(H,29,36)/t12-,13-,14?,15-,16+/m0/s1. The highest BCUT2D eigenvalue weighted by Gasteiger charge is 2.70. The van der Waals surface area contributed by atoms with Crippen LogP contribution >= 0.6 is 0 Å². The lowest BCUT2D eigenvalue weighted by atomic mass is 9.85. The van der Waals surface area contributed by atoms with Crippen LogP contribution in [0.2, 0.25) is 0 Å². The van der Waals surface area contributed by atoms with Gasteiger partial charge in [-0.1, -0.05) is 34.6 Å². The Kier molecular flexibility index (Phi) is 6.86. The predicted molar refractivity (Wildman–Crippen MR) is 121 cm³/mol. The summed E-state index contributed by atoms with van der Waals surface area (Å²) < 4.78 is 38.9. The lowest BCUT2D eigenvalue weighted by Crippen LogP contribution is -2.65. The van der Waals surface area contributed by atoms with Crippen LogP contribution in [0.4, 0.5) is 13.2 Å². The van der Waals surface area contributed by atoms with E-state index in [0.717, 1.165) is 0 Å². The van der Waals surface area contributed by atoms with E-state index in [1.54, 1.807) is 5.32 Å². The predicted octanol–water partition coefficient (Wildman–Crippen LogP) is 0.0110. The van der Waals surface area contributed by atoms with Crippen molar-refractivity contribution in [3.63, 3.8) is 0 Å². The Morgan fingerprint density at radius 2 is 1.56 bits per heavy atom. The van der Waals surface area contributed by atoms with Crippen molar-refractivity contribution >= 4 is 29.5 Å². The maximum absolute atomic E-state index is 13.5. The smallest absolute Gasteiger partial charge is 0.368 e. The van der Waals surface area contributed by atoms with E-state index in [9.17, 15) is 37.1 Å². The van der Waals surface area contributed by atoms with E-state index >= 15 is 0 Å². The minimum absolute atomic E-state index is 0.0694. The van der Waals surface area contributed by atoms with E-state index in [4.69, 9.17) is 5.73 Å². The van der Waals surface area contributed by atoms with Gasteiger partial charge in [-0.15, -0.1) is 0 Å². The molecule has 10 nitrogen and oxygen atoms in total. The van der Waals surface area contributed by atoms with Gasteiger partial charge in [0.25, 0.3) is 0 Å². The Morgan fingerprint density at radius 1 is 1.00 bits per heavy atom. The molecule has 2 heterocycles. The molecular formula is C23H34F3N5O5. The molecule has 5 amide bonds. The fraction of sp³-hybridized carbons (Fsp3) is 0.783. The summed E-state index contributed by atoms with van der Waals surface area (Å²) in [5.74, 6) is -5.38. The van der Waals surface area contributed by atoms with E-state index in [1.165, 1.54) is 37.5 Å². The first-order valence-electron chi connectivity index (χ1n) is 11.8. The molecule has 3 fully saturated rings. The Morgan fingerprint density at radius 3 is 2.00 bits per heavy atom. The SMILES string of the molecule is CC(=O)N1CC(C(NC(=O)[C@@H]2[C@@H]3[C@H](CN2C(=O)[C@@H](NC(=O)C(F)(F)F)C(C)(C)C)C3(C)C)C(N)=O)C1. The van der Waals surface area contributed by atoms with Crippen LogP contribution in [-0.4, -0.2) is 83.3 Å². The summed E-state index contributed by atoms with van der Waals surface area (Å²) in [5, 5.41) is 4.43. The van der Waals surface area contributed by atoms with Crippen LogP contribution < -0.4 is 16.4 Å². The summed E-state index contributed by atoms with van der Waals surface area (Å²) in [6, 6.07) is -3.66. The van der Waals surface area contributed by atoms with Crippen LogP contribution in [0.5, 0.6) is 0 Å². The molecule has 0 spiro atoms. The highest BCUT2D eigenvalue weighted by Crippen LogP contribution is 2.65. The highest BCUT2D eigenvalue weighted by atomic mass is 19.4. The van der Waals surface area contributed by atoms with Crippen LogP contribution in [0, 0.1) is 28.6 Å². The number of hydrogen-bond donors (Lipinski definition) is 3. The monoisotopic (exact) mass is 517 g/mol. The summed E-state index contributed by atoms with van der Waals surface area (Å²) in [4.78, 5) is 65.0. The molecule has 0 aromatic rings. The second kappa shape index (κ2) is 8.91. The number of piperidine rings is 1. The highest BCUT2D eigenvalue weighted by molar-refractivity contribution is 5.96. The molecule has 1 saturated carbocycles. The first-order valence-corrected chi connectivity index (χ1v) is 11.8. The maximum Gasteiger partial charge on any atom is 0.471 e. The van der Waals surface area contributed by atoms with Crippen molar-refractivity contribution < 1.29 is 37.1 Å². The normalized spacial score (nSPS) is 26.9. The van der Waals surface area contributed by atoms with Gasteiger partial charge in [0.1, 0.15) is 18.1 Å². The van der Waals surface area contributed by atoms with E-state index in [-0.39, 0.29) is 42.8 Å². The van der Waals surface area contributed by atoms with Crippen molar-refractivity contribution in [3.8, 4) is 0 Å². The number of rotatable bonds is 6. The van der Waals surface area contributed by atoms with Gasteiger partial charge in [0.05, 0.1) is 0 Å². The molecule has 0 aromatic heterocycles. The molecule has 2 saturated heterocycles. The van der Waals surface area contributed by atoms with E-state index < -0.39 is 59.3 Å². The first-order chi connectivity index (χ1) is 16.3. The molecule has 3 aliphatic rings. The second-order valence-electron chi connectivity index (χ2n) is 11.7. The van der Waals surface area contributed by atoms with E-state index in [1.807, 2.05) is 13.8 Å². The minimum atomic E-state index is -5.18. The molecule has 5 atom stereocenters. The molecule has 0 bridgehead atoms. The molecule has 36 heavy (non-hydrogen) atoms. The molecule has 2 aliphatic heterocycles. The Balaban J connectivity index is 1.83. The quantitative estimate of drug-likeness (QED) is 0.455. The summed E-state index contributed by atoms with van der Waals surface area (Å²) in [7, 11) is 0. The molecule has 1 unspecified atom stereocenters. The van der Waals surface area contributed by atoms with Gasteiger partial charge in [-0.2, -0.15) is 13.2 Å². The van der Waals surface area contributed by atoms with Crippen LogP contribution in [0.25, 0.3) is 0 Å². The molecule has 4 N–H and O–H groups in total. The molecule has 13 heteroatoms. The van der Waals surface area contributed by atoms with Crippen LogP contribution in [0.3, 0.4) is 0 Å². The number of carbonyl (C=O) groups is 5. The molecule has 0 radical (unpaired) electrons. The lowest BCUT2D eigenvalue weighted by Gasteiger charge is -2.43. The average molecular weight is 518 g/mol. The third kappa shape index (κ3) is 5.01. The first kappa shape index (κ1) is 27.7. The van der Waals surface area contributed by atoms with Crippen molar-refractivity contribution in [1.82, 2.24) is 20.4 Å². The number of nitrogens with zero attached hydrogens (tertiary/aromatic N) is 2. The summed E-state index contributed by atoms with van der Waals surface area (Å²) in [6.07, 6.45) is -5.18. The van der Waals surface area contributed by atoms with Crippen LogP contribution in [0.1, 0.15) is 41.5 Å². The number of primary amides is 1. The zero-order valence-electron chi connectivity index (χ0n) is 21.2. The van der Waals surface area contributed by atoms with Gasteiger partial charge < -0.3 is 26.2 Å². The van der Waals surface area contributed by atoms with Crippen molar-refractivity contribution in [2.45, 2.75) is 65.8 Å². The van der Waals surface area contributed by atoms with E-state index in [2.05, 4.69) is 5.32 Å².